The Morgan fingerprint density at radius 3 is 1.85 bits per heavy atom. The molecule has 1 amide bonds. The van der Waals surface area contributed by atoms with Crippen molar-refractivity contribution in [2.75, 3.05) is 18.4 Å². The minimum absolute atomic E-state index is 0.178. The fraction of sp³-hybridized carbons (Fsp3) is 0.375. The lowest BCUT2D eigenvalue weighted by Crippen LogP contribution is -2.15. The Hall–Kier alpha value is -3.45. The van der Waals surface area contributed by atoms with Crippen LogP contribution in [0.5, 0.6) is 0 Å². The quantitative estimate of drug-likeness (QED) is 0.268. The number of fused-ring (bicyclic) bond motifs is 1. The number of terminal acetylenes is 2. The number of hydrogen-bond donors (Lipinski definition) is 1. The van der Waals surface area contributed by atoms with Gasteiger partial charge >= 0.3 is 0 Å². The number of anilines is 1. The zero-order chi connectivity index (χ0) is 30.8. The smallest absolute Gasteiger partial charge is 0.209 e. The molecule has 0 saturated carbocycles. The summed E-state index contributed by atoms with van der Waals surface area (Å²) in [7, 11) is 0. The van der Waals surface area contributed by atoms with Crippen molar-refractivity contribution in [3.8, 4) is 25.7 Å². The third-order valence-corrected chi connectivity index (χ3v) is 6.18. The van der Waals surface area contributed by atoms with Crippen LogP contribution in [0.4, 0.5) is 10.2 Å². The van der Waals surface area contributed by atoms with E-state index in [1.54, 1.807) is 23.1 Å². The molecule has 40 heavy (non-hydrogen) atoms. The van der Waals surface area contributed by atoms with Gasteiger partial charge in [-0.3, -0.25) is 4.79 Å². The second-order valence-electron chi connectivity index (χ2n) is 8.08. The van der Waals surface area contributed by atoms with Crippen molar-refractivity contribution < 1.29 is 9.18 Å². The second-order valence-corrected chi connectivity index (χ2v) is 8.90. The number of nitrogens with one attached hydrogen (secondary N) is 1. The van der Waals surface area contributed by atoms with Gasteiger partial charge in [0.2, 0.25) is 6.41 Å². The van der Waals surface area contributed by atoms with Crippen LogP contribution in [0.25, 0.3) is 0 Å². The summed E-state index contributed by atoms with van der Waals surface area (Å²) in [6.07, 6.45) is 28.3. The first-order valence-electron chi connectivity index (χ1n) is 13.1. The fourth-order valence-electron chi connectivity index (χ4n) is 3.24. The molecule has 1 aromatic heterocycles. The van der Waals surface area contributed by atoms with E-state index in [0.29, 0.717) is 10.1 Å². The summed E-state index contributed by atoms with van der Waals surface area (Å²) in [6.45, 7) is 11.1. The molecule has 0 radical (unpaired) electrons. The molecule has 3 aliphatic rings. The van der Waals surface area contributed by atoms with E-state index < -0.39 is 0 Å². The monoisotopic (exact) mass is 588 g/mol. The first kappa shape index (κ1) is 38.7. The van der Waals surface area contributed by atoms with Crippen molar-refractivity contribution in [2.24, 2.45) is 0 Å². The molecule has 0 atom stereocenters. The van der Waals surface area contributed by atoms with Crippen LogP contribution in [0.3, 0.4) is 0 Å². The van der Waals surface area contributed by atoms with Crippen LogP contribution in [0.2, 0.25) is 0 Å². The van der Waals surface area contributed by atoms with Gasteiger partial charge in [-0.1, -0.05) is 67.4 Å². The van der Waals surface area contributed by atoms with Crippen molar-refractivity contribution in [1.82, 2.24) is 14.7 Å². The Bertz CT molecular complexity index is 1010. The molecule has 5 rings (SSSR count). The average Bonchev–Trinajstić information content (AvgIpc) is 3.66. The Morgan fingerprint density at radius 1 is 0.900 bits per heavy atom. The molecule has 1 N–H and O–H groups in total. The minimum Gasteiger partial charge on any atom is -0.345 e. The lowest BCUT2D eigenvalue weighted by Gasteiger charge is -2.18. The lowest BCUT2D eigenvalue weighted by molar-refractivity contribution is -0.117. The van der Waals surface area contributed by atoms with E-state index in [1.807, 2.05) is 42.9 Å². The molecule has 1 aliphatic carbocycles. The Labute approximate surface area is 251 Å². The van der Waals surface area contributed by atoms with Crippen LogP contribution < -0.4 is 5.32 Å². The predicted molar refractivity (Wildman–Crippen MR) is 170 cm³/mol. The number of aromatic nitrogens is 2. The topological polar surface area (TPSA) is 50.2 Å². The number of carbonyl (C=O) groups excluding carboxylic acids is 1. The van der Waals surface area contributed by atoms with Crippen molar-refractivity contribution in [3.63, 3.8) is 0 Å². The van der Waals surface area contributed by atoms with Crippen LogP contribution in [-0.2, 0) is 11.3 Å². The predicted octanol–water partition coefficient (Wildman–Crippen LogP) is 8.61. The third-order valence-electron chi connectivity index (χ3n) is 5.37. The van der Waals surface area contributed by atoms with Gasteiger partial charge in [0.15, 0.2) is 0 Å². The summed E-state index contributed by atoms with van der Waals surface area (Å²) in [5.74, 6) is 0.913. The van der Waals surface area contributed by atoms with Gasteiger partial charge in [-0.15, -0.1) is 25.7 Å². The molecule has 8 heteroatoms. The number of allylic oxidation sites excluding steroid dienone is 6. The van der Waals surface area contributed by atoms with Crippen LogP contribution in [-0.4, -0.2) is 34.2 Å². The number of likely N-dealkylation sites (tertiary alicyclic amines) is 1. The Balaban J connectivity index is 0. The highest BCUT2D eigenvalue weighted by Gasteiger charge is 2.10. The summed E-state index contributed by atoms with van der Waals surface area (Å²) in [5, 5.41) is 8.84. The molecule has 1 aromatic carbocycles. The molecule has 2 aromatic rings. The van der Waals surface area contributed by atoms with Gasteiger partial charge in [-0.2, -0.15) is 5.10 Å². The van der Waals surface area contributed by atoms with Crippen molar-refractivity contribution in [3.05, 3.63) is 81.9 Å². The molecule has 218 valence electrons. The second kappa shape index (κ2) is 25.8. The summed E-state index contributed by atoms with van der Waals surface area (Å²) in [4.78, 5) is 11.7. The number of nitrogens with zero attached hydrogens (tertiary/aromatic N) is 3. The zero-order valence-corrected chi connectivity index (χ0v) is 25.6. The zero-order valence-electron chi connectivity index (χ0n) is 24.1. The number of halogens is 3. The first-order valence-corrected chi connectivity index (χ1v) is 13.9. The van der Waals surface area contributed by atoms with Crippen molar-refractivity contribution in [1.29, 1.82) is 0 Å². The standard InChI is InChI=1S/C8H11N3.C7H8Cl2.C6H5F.C5H9NO.C2H6.2C2H2/c1-6-5-11-8(3-4-9-11)10-7(6)2;8-6-4-2-1-3-5-7(6)9;7-6-4-2-1-3-5-6;7-5-6-3-1-2-4-6;3*1-2/h3-4,10H,5H2,1-2H3;4-5H,1-3H2;1-5H;5H,1-4H2;1-2H3;2*1-2H. The molecule has 5 nitrogen and oxygen atoms in total. The largest absolute Gasteiger partial charge is 0.345 e. The van der Waals surface area contributed by atoms with Crippen molar-refractivity contribution in [2.45, 2.75) is 66.3 Å². The molecule has 3 heterocycles. The highest BCUT2D eigenvalue weighted by molar-refractivity contribution is 6.43. The van der Waals surface area contributed by atoms with E-state index in [1.165, 1.54) is 36.2 Å². The third kappa shape index (κ3) is 17.2. The number of benzene rings is 1. The van der Waals surface area contributed by atoms with Crippen LogP contribution >= 0.6 is 23.2 Å². The highest BCUT2D eigenvalue weighted by atomic mass is 35.5. The van der Waals surface area contributed by atoms with Gasteiger partial charge in [0.1, 0.15) is 11.6 Å². The maximum atomic E-state index is 11.9. The van der Waals surface area contributed by atoms with Gasteiger partial charge in [0, 0.05) is 24.9 Å². The lowest BCUT2D eigenvalue weighted by atomic mass is 10.2. The highest BCUT2D eigenvalue weighted by Crippen LogP contribution is 2.24. The molecular formula is C32H43Cl2FN4O. The summed E-state index contributed by atoms with van der Waals surface area (Å²) in [6, 6.07) is 9.92. The molecule has 1 saturated heterocycles. The summed E-state index contributed by atoms with van der Waals surface area (Å²) < 4.78 is 13.9. The number of rotatable bonds is 1. The SMILES string of the molecule is C#C.C#C.CC.CC1=C(C)Nc2ccnn2C1.ClC1=CCCCC=C1Cl.Fc1ccccc1.O=CN1CCCC1. The maximum Gasteiger partial charge on any atom is 0.209 e. The van der Waals surface area contributed by atoms with E-state index in [0.717, 1.165) is 51.1 Å². The normalized spacial score (nSPS) is 14.3. The number of hydrogen-bond acceptors (Lipinski definition) is 3. The van der Waals surface area contributed by atoms with Gasteiger partial charge in [-0.05, 0) is 63.7 Å². The molecule has 1 fully saturated rings. The Morgan fingerprint density at radius 2 is 1.43 bits per heavy atom. The minimum atomic E-state index is -0.178. The maximum absolute atomic E-state index is 11.9. The van der Waals surface area contributed by atoms with E-state index in [9.17, 15) is 9.18 Å². The van der Waals surface area contributed by atoms with E-state index in [2.05, 4.69) is 50.0 Å². The average molecular weight is 590 g/mol. The van der Waals surface area contributed by atoms with E-state index in [4.69, 9.17) is 23.2 Å². The van der Waals surface area contributed by atoms with Gasteiger partial charge in [0.05, 0.1) is 22.8 Å². The van der Waals surface area contributed by atoms with Crippen LogP contribution in [0.1, 0.15) is 59.8 Å². The van der Waals surface area contributed by atoms with Crippen molar-refractivity contribution >= 4 is 35.4 Å². The number of amides is 1. The first-order chi connectivity index (χ1) is 19.4. The Kier molecular flexibility index (Phi) is 25.0. The number of carbonyl (C=O) groups is 1. The summed E-state index contributed by atoms with van der Waals surface area (Å²) >= 11 is 11.5. The van der Waals surface area contributed by atoms with E-state index in [-0.39, 0.29) is 5.82 Å². The molecule has 0 spiro atoms. The van der Waals surface area contributed by atoms with Gasteiger partial charge in [-0.25, -0.2) is 9.07 Å². The van der Waals surface area contributed by atoms with Gasteiger partial charge in [0.25, 0.3) is 0 Å². The molecule has 0 unspecified atom stereocenters. The van der Waals surface area contributed by atoms with Crippen LogP contribution in [0, 0.1) is 31.5 Å². The summed E-state index contributed by atoms with van der Waals surface area (Å²) in [5.41, 5.74) is 2.60. The molecule has 0 bridgehead atoms. The van der Waals surface area contributed by atoms with E-state index >= 15 is 0 Å². The fourth-order valence-corrected chi connectivity index (χ4v) is 3.61. The van der Waals surface area contributed by atoms with Crippen LogP contribution in [0.15, 0.2) is 76.1 Å². The molecular weight excluding hydrogens is 546 g/mol. The van der Waals surface area contributed by atoms with Gasteiger partial charge < -0.3 is 10.2 Å². The molecule has 2 aliphatic heterocycles.